The molecule has 0 saturated carbocycles. The van der Waals surface area contributed by atoms with Gasteiger partial charge in [0.2, 0.25) is 0 Å². The molecule has 0 saturated heterocycles. The zero-order valence-electron chi connectivity index (χ0n) is 12.7. The lowest BCUT2D eigenvalue weighted by atomic mass is 10.1. The second-order valence-corrected chi connectivity index (χ2v) is 4.95. The molecule has 0 rings (SSSR count). The number of hydrogen-bond donors (Lipinski definition) is 0. The number of unbranched alkanes of at least 4 members (excludes halogenated alkanes) is 5. The zero-order valence-corrected chi connectivity index (χ0v) is 12.7. The Morgan fingerprint density at radius 2 is 1.58 bits per heavy atom. The summed E-state index contributed by atoms with van der Waals surface area (Å²) < 4.78 is 5.12. The summed E-state index contributed by atoms with van der Waals surface area (Å²) in [5, 5.41) is 0. The van der Waals surface area contributed by atoms with Crippen LogP contribution in [0.25, 0.3) is 0 Å². The highest BCUT2D eigenvalue weighted by Crippen LogP contribution is 2.05. The number of ether oxygens (including phenoxy) is 1. The molecule has 0 aromatic rings. The minimum absolute atomic E-state index is 0.0221. The van der Waals surface area contributed by atoms with Crippen molar-refractivity contribution in [3.63, 3.8) is 0 Å². The molecule has 0 aromatic heterocycles. The summed E-state index contributed by atoms with van der Waals surface area (Å²) in [6, 6.07) is 0. The van der Waals surface area contributed by atoms with Crippen molar-refractivity contribution >= 4 is 11.8 Å². The van der Waals surface area contributed by atoms with Crippen molar-refractivity contribution in [2.24, 2.45) is 0 Å². The van der Waals surface area contributed by atoms with Crippen LogP contribution in [-0.2, 0) is 14.3 Å². The van der Waals surface area contributed by atoms with Gasteiger partial charge in [-0.15, -0.1) is 0 Å². The first-order valence-electron chi connectivity index (χ1n) is 7.50. The van der Waals surface area contributed by atoms with E-state index in [1.165, 1.54) is 18.9 Å². The first-order valence-corrected chi connectivity index (χ1v) is 7.50. The Labute approximate surface area is 117 Å². The molecule has 0 aromatic carbocycles. The van der Waals surface area contributed by atoms with Crippen LogP contribution in [-0.4, -0.2) is 18.4 Å². The maximum absolute atomic E-state index is 11.6. The average molecular weight is 268 g/mol. The molecular formula is C16H28O3. The van der Waals surface area contributed by atoms with Crippen molar-refractivity contribution in [3.8, 4) is 0 Å². The van der Waals surface area contributed by atoms with Crippen LogP contribution in [0.5, 0.6) is 0 Å². The Hall–Kier alpha value is -1.12. The smallest absolute Gasteiger partial charge is 0.333 e. The number of esters is 1. The first kappa shape index (κ1) is 17.9. The van der Waals surface area contributed by atoms with E-state index in [9.17, 15) is 9.59 Å². The van der Waals surface area contributed by atoms with Crippen LogP contribution in [0.3, 0.4) is 0 Å². The van der Waals surface area contributed by atoms with Gasteiger partial charge in [0, 0.05) is 12.0 Å². The topological polar surface area (TPSA) is 43.4 Å². The summed E-state index contributed by atoms with van der Waals surface area (Å²) in [7, 11) is 0. The van der Waals surface area contributed by atoms with Crippen molar-refractivity contribution in [1.29, 1.82) is 0 Å². The number of carbonyl (C=O) groups excluding carboxylic acids is 2. The molecule has 0 bridgehead atoms. The monoisotopic (exact) mass is 268 g/mol. The Morgan fingerprint density at radius 3 is 2.21 bits per heavy atom. The van der Waals surface area contributed by atoms with Gasteiger partial charge in [0.15, 0.2) is 5.78 Å². The Morgan fingerprint density at radius 1 is 0.947 bits per heavy atom. The van der Waals surface area contributed by atoms with E-state index >= 15 is 0 Å². The molecule has 19 heavy (non-hydrogen) atoms. The van der Waals surface area contributed by atoms with E-state index in [-0.39, 0.29) is 11.8 Å². The third-order valence-electron chi connectivity index (χ3n) is 2.96. The van der Waals surface area contributed by atoms with Crippen molar-refractivity contribution in [3.05, 3.63) is 11.6 Å². The van der Waals surface area contributed by atoms with E-state index < -0.39 is 0 Å². The van der Waals surface area contributed by atoms with Gasteiger partial charge in [0.05, 0.1) is 6.61 Å². The van der Waals surface area contributed by atoms with Gasteiger partial charge in [-0.05, 0) is 25.8 Å². The third kappa shape index (κ3) is 10.5. The fourth-order valence-electron chi connectivity index (χ4n) is 1.73. The molecule has 0 amide bonds. The van der Waals surface area contributed by atoms with Crippen LogP contribution >= 0.6 is 0 Å². The highest BCUT2D eigenvalue weighted by atomic mass is 16.5. The quantitative estimate of drug-likeness (QED) is 0.320. The second-order valence-electron chi connectivity index (χ2n) is 4.95. The lowest BCUT2D eigenvalue weighted by Crippen LogP contribution is -2.08. The van der Waals surface area contributed by atoms with Gasteiger partial charge in [-0.3, -0.25) is 4.79 Å². The molecule has 3 nitrogen and oxygen atoms in total. The van der Waals surface area contributed by atoms with E-state index in [0.717, 1.165) is 32.1 Å². The van der Waals surface area contributed by atoms with Gasteiger partial charge in [0.25, 0.3) is 0 Å². The Bertz CT molecular complexity index is 292. The highest BCUT2D eigenvalue weighted by molar-refractivity contribution is 5.98. The highest BCUT2D eigenvalue weighted by Gasteiger charge is 2.07. The molecule has 0 aliphatic heterocycles. The van der Waals surface area contributed by atoms with Gasteiger partial charge in [0.1, 0.15) is 0 Å². The second kappa shape index (κ2) is 11.9. The molecule has 0 fully saturated rings. The van der Waals surface area contributed by atoms with Crippen LogP contribution in [0.15, 0.2) is 11.6 Å². The van der Waals surface area contributed by atoms with Gasteiger partial charge in [-0.1, -0.05) is 46.0 Å². The lowest BCUT2D eigenvalue weighted by Gasteiger charge is -2.04. The molecule has 0 N–H and O–H groups in total. The molecule has 0 atom stereocenters. The molecule has 0 radical (unpaired) electrons. The Kier molecular flexibility index (Phi) is 11.2. The summed E-state index contributed by atoms with van der Waals surface area (Å²) in [5.74, 6) is -0.339. The summed E-state index contributed by atoms with van der Waals surface area (Å²) in [6.07, 6.45) is 9.31. The molecule has 0 heterocycles. The van der Waals surface area contributed by atoms with E-state index in [1.54, 1.807) is 6.92 Å². The number of ketones is 1. The van der Waals surface area contributed by atoms with Crippen molar-refractivity contribution in [2.75, 3.05) is 6.61 Å². The van der Waals surface area contributed by atoms with E-state index in [0.29, 0.717) is 18.6 Å². The van der Waals surface area contributed by atoms with Crippen LogP contribution in [0.1, 0.15) is 72.1 Å². The van der Waals surface area contributed by atoms with Crippen LogP contribution in [0.2, 0.25) is 0 Å². The molecule has 0 aliphatic rings. The van der Waals surface area contributed by atoms with Gasteiger partial charge >= 0.3 is 5.97 Å². The largest absolute Gasteiger partial charge is 0.462 e. The fourth-order valence-corrected chi connectivity index (χ4v) is 1.73. The normalized spacial score (nSPS) is 11.4. The predicted octanol–water partition coefficient (Wildman–Crippen LogP) is 4.21. The molecule has 0 unspecified atom stereocenters. The third-order valence-corrected chi connectivity index (χ3v) is 2.96. The summed E-state index contributed by atoms with van der Waals surface area (Å²) in [4.78, 5) is 23.2. The van der Waals surface area contributed by atoms with Gasteiger partial charge in [-0.2, -0.15) is 0 Å². The SMILES string of the molecule is CCCCCCOC(=O)/C(C)=C/C(=O)CCCCC. The van der Waals surface area contributed by atoms with Crippen LogP contribution in [0.4, 0.5) is 0 Å². The van der Waals surface area contributed by atoms with Crippen molar-refractivity contribution in [1.82, 2.24) is 0 Å². The Balaban J connectivity index is 3.86. The van der Waals surface area contributed by atoms with E-state index in [2.05, 4.69) is 13.8 Å². The molecule has 3 heteroatoms. The summed E-state index contributed by atoms with van der Waals surface area (Å²) in [6.45, 7) is 6.34. The maximum Gasteiger partial charge on any atom is 0.333 e. The molecule has 0 spiro atoms. The number of rotatable bonds is 11. The van der Waals surface area contributed by atoms with Crippen molar-refractivity contribution in [2.45, 2.75) is 72.1 Å². The molecule has 0 aliphatic carbocycles. The predicted molar refractivity (Wildman–Crippen MR) is 78.0 cm³/mol. The summed E-state index contributed by atoms with van der Waals surface area (Å²) >= 11 is 0. The minimum Gasteiger partial charge on any atom is -0.462 e. The first-order chi connectivity index (χ1) is 9.11. The summed E-state index contributed by atoms with van der Waals surface area (Å²) in [5.41, 5.74) is 0.414. The molecular weight excluding hydrogens is 240 g/mol. The number of hydrogen-bond acceptors (Lipinski definition) is 3. The van der Waals surface area contributed by atoms with Crippen LogP contribution < -0.4 is 0 Å². The van der Waals surface area contributed by atoms with Crippen molar-refractivity contribution < 1.29 is 14.3 Å². The van der Waals surface area contributed by atoms with E-state index in [1.807, 2.05) is 0 Å². The average Bonchev–Trinajstić information content (AvgIpc) is 2.38. The maximum atomic E-state index is 11.6. The molecule has 110 valence electrons. The fraction of sp³-hybridized carbons (Fsp3) is 0.750. The number of carbonyl (C=O) groups is 2. The van der Waals surface area contributed by atoms with Gasteiger partial charge < -0.3 is 4.74 Å². The van der Waals surface area contributed by atoms with Crippen LogP contribution in [0, 0.1) is 0 Å². The minimum atomic E-state index is -0.361. The standard InChI is InChI=1S/C16H28O3/c1-4-6-8-10-12-19-16(18)14(3)13-15(17)11-9-7-5-2/h13H,4-12H2,1-3H3/b14-13+. The lowest BCUT2D eigenvalue weighted by molar-refractivity contribution is -0.139. The zero-order chi connectivity index (χ0) is 14.5. The number of allylic oxidation sites excluding steroid dienone is 1. The van der Waals surface area contributed by atoms with Gasteiger partial charge in [-0.25, -0.2) is 4.79 Å². The van der Waals surface area contributed by atoms with E-state index in [4.69, 9.17) is 4.74 Å².